The number of hydrogen-bond acceptors (Lipinski definition) is 3. The summed E-state index contributed by atoms with van der Waals surface area (Å²) in [5.74, 6) is -1.82. The number of carbonyl (C=O) groups is 2. The number of aryl methyl sites for hydroxylation is 1. The number of nitriles is 1. The van der Waals surface area contributed by atoms with Gasteiger partial charge in [-0.15, -0.1) is 0 Å². The zero-order valence-electron chi connectivity index (χ0n) is 12.3. The summed E-state index contributed by atoms with van der Waals surface area (Å²) < 4.78 is 0. The van der Waals surface area contributed by atoms with Crippen molar-refractivity contribution in [3.8, 4) is 6.07 Å². The minimum atomic E-state index is -1.22. The fourth-order valence-electron chi connectivity index (χ4n) is 2.78. The van der Waals surface area contributed by atoms with E-state index in [9.17, 15) is 20.0 Å². The molecule has 0 aromatic heterocycles. The van der Waals surface area contributed by atoms with E-state index in [4.69, 9.17) is 11.6 Å². The van der Waals surface area contributed by atoms with Gasteiger partial charge in [-0.05, 0) is 31.4 Å². The number of benzene rings is 1. The number of carbonyl (C=O) groups excluding carboxylic acids is 1. The molecule has 0 spiro atoms. The topological polar surface area (TPSA) is 90.2 Å². The highest BCUT2D eigenvalue weighted by molar-refractivity contribution is 6.35. The Morgan fingerprint density at radius 3 is 2.50 bits per heavy atom. The molecule has 6 heteroatoms. The second-order valence-electron chi connectivity index (χ2n) is 5.63. The van der Waals surface area contributed by atoms with Crippen LogP contribution >= 0.6 is 11.6 Å². The molecule has 2 rings (SSSR count). The third kappa shape index (κ3) is 3.07. The van der Waals surface area contributed by atoms with Crippen molar-refractivity contribution in [1.29, 1.82) is 5.26 Å². The van der Waals surface area contributed by atoms with E-state index in [2.05, 4.69) is 11.4 Å². The lowest BCUT2D eigenvalue weighted by Gasteiger charge is -2.31. The van der Waals surface area contributed by atoms with Crippen LogP contribution in [0.4, 0.5) is 0 Å². The summed E-state index contributed by atoms with van der Waals surface area (Å²) in [6.07, 6.45) is 3.90. The Balaban J connectivity index is 2.39. The molecular formula is C16H17ClN2O3. The largest absolute Gasteiger partial charge is 0.478 e. The predicted octanol–water partition coefficient (Wildman–Crippen LogP) is 3.30. The molecule has 1 saturated carbocycles. The van der Waals surface area contributed by atoms with Crippen LogP contribution in [0.2, 0.25) is 5.02 Å². The van der Waals surface area contributed by atoms with E-state index >= 15 is 0 Å². The molecule has 1 fully saturated rings. The van der Waals surface area contributed by atoms with E-state index in [-0.39, 0.29) is 16.1 Å². The molecule has 22 heavy (non-hydrogen) atoms. The normalized spacial score (nSPS) is 16.6. The standard InChI is InChI=1S/C16H17ClN2O3/c1-10-5-6-11(15(21)22)12(13(10)17)14(20)19-16(9-18)7-3-2-4-8-16/h5-6H,2-4,7-8H2,1H3,(H,19,20)(H,21,22). The Morgan fingerprint density at radius 1 is 1.32 bits per heavy atom. The number of halogens is 1. The lowest BCUT2D eigenvalue weighted by molar-refractivity contribution is 0.0689. The van der Waals surface area contributed by atoms with Crippen LogP contribution in [0.1, 0.15) is 58.4 Å². The highest BCUT2D eigenvalue weighted by Crippen LogP contribution is 2.30. The van der Waals surface area contributed by atoms with Gasteiger partial charge in [0.1, 0.15) is 5.54 Å². The molecule has 5 nitrogen and oxygen atoms in total. The van der Waals surface area contributed by atoms with Crippen LogP contribution in [-0.4, -0.2) is 22.5 Å². The molecule has 0 saturated heterocycles. The fraction of sp³-hybridized carbons (Fsp3) is 0.438. The van der Waals surface area contributed by atoms with Crippen LogP contribution in [0, 0.1) is 18.3 Å². The first-order chi connectivity index (χ1) is 10.4. The van der Waals surface area contributed by atoms with Gasteiger partial charge in [-0.2, -0.15) is 5.26 Å². The molecule has 0 unspecified atom stereocenters. The minimum Gasteiger partial charge on any atom is -0.478 e. The van der Waals surface area contributed by atoms with Gasteiger partial charge < -0.3 is 10.4 Å². The number of nitrogens with zero attached hydrogens (tertiary/aromatic N) is 1. The first kappa shape index (κ1) is 16.3. The summed E-state index contributed by atoms with van der Waals surface area (Å²) in [5, 5.41) is 21.5. The van der Waals surface area contributed by atoms with Crippen LogP contribution in [0.15, 0.2) is 12.1 Å². The molecule has 1 aliphatic rings. The molecule has 116 valence electrons. The molecule has 0 atom stereocenters. The highest BCUT2D eigenvalue weighted by atomic mass is 35.5. The summed E-state index contributed by atoms with van der Waals surface area (Å²) in [6.45, 7) is 1.70. The summed E-state index contributed by atoms with van der Waals surface area (Å²) in [7, 11) is 0. The van der Waals surface area contributed by atoms with E-state index in [0.717, 1.165) is 19.3 Å². The van der Waals surface area contributed by atoms with Crippen molar-refractivity contribution >= 4 is 23.5 Å². The second-order valence-corrected chi connectivity index (χ2v) is 6.01. The molecule has 0 heterocycles. The van der Waals surface area contributed by atoms with E-state index < -0.39 is 17.4 Å². The summed E-state index contributed by atoms with van der Waals surface area (Å²) in [4.78, 5) is 23.9. The molecule has 0 radical (unpaired) electrons. The Labute approximate surface area is 133 Å². The smallest absolute Gasteiger partial charge is 0.336 e. The van der Waals surface area contributed by atoms with Gasteiger partial charge in [0.15, 0.2) is 0 Å². The molecule has 1 aromatic rings. The van der Waals surface area contributed by atoms with E-state index in [1.165, 1.54) is 6.07 Å². The van der Waals surface area contributed by atoms with Gasteiger partial charge in [0.25, 0.3) is 5.91 Å². The quantitative estimate of drug-likeness (QED) is 0.894. The number of hydrogen-bond donors (Lipinski definition) is 2. The SMILES string of the molecule is Cc1ccc(C(=O)O)c(C(=O)NC2(C#N)CCCCC2)c1Cl. The maximum atomic E-state index is 12.6. The molecule has 0 aliphatic heterocycles. The fourth-order valence-corrected chi connectivity index (χ4v) is 3.03. The van der Waals surface area contributed by atoms with Crippen LogP contribution in [0.3, 0.4) is 0 Å². The Morgan fingerprint density at radius 2 is 1.95 bits per heavy atom. The van der Waals surface area contributed by atoms with E-state index in [1.807, 2.05) is 0 Å². The number of rotatable bonds is 3. The first-order valence-corrected chi connectivity index (χ1v) is 7.54. The van der Waals surface area contributed by atoms with Crippen molar-refractivity contribution in [2.24, 2.45) is 0 Å². The number of carboxylic acids is 1. The van der Waals surface area contributed by atoms with Gasteiger partial charge >= 0.3 is 5.97 Å². The molecule has 2 N–H and O–H groups in total. The lowest BCUT2D eigenvalue weighted by atomic mass is 9.82. The third-order valence-electron chi connectivity index (χ3n) is 4.07. The minimum absolute atomic E-state index is 0.0747. The lowest BCUT2D eigenvalue weighted by Crippen LogP contribution is -2.49. The molecule has 1 aromatic carbocycles. The van der Waals surface area contributed by atoms with Gasteiger partial charge in [-0.1, -0.05) is 36.9 Å². The van der Waals surface area contributed by atoms with E-state index in [0.29, 0.717) is 18.4 Å². The number of aromatic carboxylic acids is 1. The Bertz CT molecular complexity index is 658. The Hall–Kier alpha value is -2.06. The van der Waals surface area contributed by atoms with Crippen molar-refractivity contribution in [3.05, 3.63) is 33.8 Å². The van der Waals surface area contributed by atoms with Gasteiger partial charge in [-0.25, -0.2) is 4.79 Å². The van der Waals surface area contributed by atoms with Crippen molar-refractivity contribution in [2.45, 2.75) is 44.6 Å². The van der Waals surface area contributed by atoms with Crippen LogP contribution in [-0.2, 0) is 0 Å². The van der Waals surface area contributed by atoms with Crippen molar-refractivity contribution in [3.63, 3.8) is 0 Å². The van der Waals surface area contributed by atoms with Crippen LogP contribution in [0.25, 0.3) is 0 Å². The van der Waals surface area contributed by atoms with E-state index in [1.54, 1.807) is 13.0 Å². The number of amides is 1. The van der Waals surface area contributed by atoms with Gasteiger partial charge in [0.2, 0.25) is 0 Å². The summed E-state index contributed by atoms with van der Waals surface area (Å²) >= 11 is 6.14. The molecular weight excluding hydrogens is 304 g/mol. The van der Waals surface area contributed by atoms with Gasteiger partial charge in [0.05, 0.1) is 22.2 Å². The van der Waals surface area contributed by atoms with Gasteiger partial charge in [-0.3, -0.25) is 4.79 Å². The average Bonchev–Trinajstić information content (AvgIpc) is 2.50. The Kier molecular flexibility index (Phi) is 4.72. The summed E-state index contributed by atoms with van der Waals surface area (Å²) in [6, 6.07) is 5.10. The zero-order valence-corrected chi connectivity index (χ0v) is 13.0. The second kappa shape index (κ2) is 6.37. The van der Waals surface area contributed by atoms with Crippen LogP contribution < -0.4 is 5.32 Å². The van der Waals surface area contributed by atoms with Crippen LogP contribution in [0.5, 0.6) is 0 Å². The highest BCUT2D eigenvalue weighted by Gasteiger charge is 2.35. The first-order valence-electron chi connectivity index (χ1n) is 7.16. The maximum Gasteiger partial charge on any atom is 0.336 e. The van der Waals surface area contributed by atoms with Crippen molar-refractivity contribution in [2.75, 3.05) is 0 Å². The number of carboxylic acid groups (broad SMARTS) is 1. The molecule has 1 amide bonds. The monoisotopic (exact) mass is 320 g/mol. The number of nitrogens with one attached hydrogen (secondary N) is 1. The van der Waals surface area contributed by atoms with Crippen molar-refractivity contribution < 1.29 is 14.7 Å². The van der Waals surface area contributed by atoms with Crippen molar-refractivity contribution in [1.82, 2.24) is 5.32 Å². The third-order valence-corrected chi connectivity index (χ3v) is 4.55. The van der Waals surface area contributed by atoms with Gasteiger partial charge in [0, 0.05) is 0 Å². The molecule has 0 bridgehead atoms. The summed E-state index contributed by atoms with van der Waals surface area (Å²) in [5.41, 5.74) is -0.545. The average molecular weight is 321 g/mol. The maximum absolute atomic E-state index is 12.6. The zero-order chi connectivity index (χ0) is 16.3. The predicted molar refractivity (Wildman–Crippen MR) is 82.0 cm³/mol. The molecule has 1 aliphatic carbocycles.